The van der Waals surface area contributed by atoms with E-state index < -0.39 is 0 Å². The van der Waals surface area contributed by atoms with E-state index in [1.807, 2.05) is 0 Å². The van der Waals surface area contributed by atoms with Gasteiger partial charge < -0.3 is 33.2 Å². The van der Waals surface area contributed by atoms with Crippen LogP contribution < -0.4 is 24.0 Å². The van der Waals surface area contributed by atoms with Crippen LogP contribution in [-0.2, 0) is 9.53 Å². The van der Waals surface area contributed by atoms with Crippen LogP contribution in [0, 0.1) is 0 Å². The largest absolute Gasteiger partial charge is 1.00 e. The Morgan fingerprint density at radius 3 is 2.15 bits per heavy atom. The Morgan fingerprint density at radius 1 is 1.05 bits per heavy atom. The molecule has 3 nitrogen and oxygen atoms in total. The van der Waals surface area contributed by atoms with Crippen molar-refractivity contribution in [3.05, 3.63) is 12.2 Å². The Balaban J connectivity index is 0. The molecule has 0 aromatic carbocycles. The van der Waals surface area contributed by atoms with E-state index in [9.17, 15) is 4.79 Å². The fraction of sp³-hybridized carbons (Fsp3) is 0.812. The lowest BCUT2D eigenvalue weighted by Crippen LogP contribution is -3.00. The number of carbonyl (C=O) groups excluding carboxylic acids is 1. The van der Waals surface area contributed by atoms with Crippen molar-refractivity contribution in [3.63, 3.8) is 0 Å². The maximum absolute atomic E-state index is 11.3. The van der Waals surface area contributed by atoms with Crippen LogP contribution in [0.25, 0.3) is 0 Å². The Bertz CT molecular complexity index is 278. The predicted molar refractivity (Wildman–Crippen MR) is 81.0 cm³/mol. The fourth-order valence-electron chi connectivity index (χ4n) is 1.94. The average Bonchev–Trinajstić information content (AvgIpc) is 2.33. The maximum atomic E-state index is 11.3. The van der Waals surface area contributed by atoms with Gasteiger partial charge in [-0.2, -0.15) is 0 Å². The van der Waals surface area contributed by atoms with E-state index in [0.717, 1.165) is 17.6 Å². The van der Waals surface area contributed by atoms with Crippen molar-refractivity contribution in [2.75, 3.05) is 33.8 Å². The highest BCUT2D eigenvalue weighted by Gasteiger charge is 2.15. The average molecular weight is 397 g/mol. The molecule has 0 heterocycles. The number of halogens is 1. The lowest BCUT2D eigenvalue weighted by molar-refractivity contribution is -0.890. The van der Waals surface area contributed by atoms with Crippen LogP contribution in [0.1, 0.15) is 52.4 Å². The zero-order valence-electron chi connectivity index (χ0n) is 13.7. The molecule has 0 aliphatic rings. The molecule has 0 aliphatic heterocycles. The Hall–Kier alpha value is -0.100. The van der Waals surface area contributed by atoms with Gasteiger partial charge in [0.25, 0.3) is 0 Å². The van der Waals surface area contributed by atoms with E-state index in [2.05, 4.69) is 27.6 Å². The van der Waals surface area contributed by atoms with E-state index in [1.54, 1.807) is 6.92 Å². The summed E-state index contributed by atoms with van der Waals surface area (Å²) < 4.78 is 6.06. The van der Waals surface area contributed by atoms with Gasteiger partial charge in [0.1, 0.15) is 13.2 Å². The zero-order valence-corrected chi connectivity index (χ0v) is 15.9. The molecule has 0 unspecified atom stereocenters. The molecule has 0 radical (unpaired) electrons. The lowest BCUT2D eigenvalue weighted by Gasteiger charge is -2.29. The summed E-state index contributed by atoms with van der Waals surface area (Å²) in [5, 5.41) is 0. The van der Waals surface area contributed by atoms with Gasteiger partial charge in [-0.1, -0.05) is 39.2 Å². The summed E-state index contributed by atoms with van der Waals surface area (Å²) in [6, 6.07) is 0. The minimum atomic E-state index is -0.278. The molecule has 0 spiro atoms. The highest BCUT2D eigenvalue weighted by Crippen LogP contribution is 2.08. The second kappa shape index (κ2) is 12.6. The minimum Gasteiger partial charge on any atom is -1.00 e. The molecule has 0 bridgehead atoms. The minimum absolute atomic E-state index is 0. The number of hydrogen-bond acceptors (Lipinski definition) is 2. The van der Waals surface area contributed by atoms with Crippen molar-refractivity contribution in [1.29, 1.82) is 0 Å². The van der Waals surface area contributed by atoms with Gasteiger partial charge in [-0.05, 0) is 19.8 Å². The number of ether oxygens (including phenoxy) is 1. The first-order valence-corrected chi connectivity index (χ1v) is 7.53. The van der Waals surface area contributed by atoms with Crippen molar-refractivity contribution in [2.24, 2.45) is 0 Å². The number of likely N-dealkylation sites (N-methyl/N-ethyl adjacent to an activating group) is 1. The Morgan fingerprint density at radius 2 is 1.60 bits per heavy atom. The van der Waals surface area contributed by atoms with Crippen LogP contribution in [0.2, 0.25) is 0 Å². The number of nitrogens with zero attached hydrogens (tertiary/aromatic N) is 1. The van der Waals surface area contributed by atoms with Crippen molar-refractivity contribution in [1.82, 2.24) is 0 Å². The third kappa shape index (κ3) is 12.9. The van der Waals surface area contributed by atoms with E-state index in [1.165, 1.54) is 38.5 Å². The summed E-state index contributed by atoms with van der Waals surface area (Å²) in [7, 11) is 4.39. The molecular weight excluding hydrogens is 365 g/mol. The summed E-state index contributed by atoms with van der Waals surface area (Å²) >= 11 is 0. The van der Waals surface area contributed by atoms with Gasteiger partial charge in [0.2, 0.25) is 0 Å². The van der Waals surface area contributed by atoms with Gasteiger partial charge in [-0.3, -0.25) is 0 Å². The number of unbranched alkanes of at least 4 members (excludes halogenated alkanes) is 5. The zero-order chi connectivity index (χ0) is 14.7. The van der Waals surface area contributed by atoms with Crippen molar-refractivity contribution in [3.8, 4) is 0 Å². The topological polar surface area (TPSA) is 26.3 Å². The van der Waals surface area contributed by atoms with Gasteiger partial charge in [-0.25, -0.2) is 4.79 Å². The first-order chi connectivity index (χ1) is 8.89. The van der Waals surface area contributed by atoms with E-state index in [4.69, 9.17) is 4.74 Å². The summed E-state index contributed by atoms with van der Waals surface area (Å²) in [6.07, 6.45) is 7.93. The number of rotatable bonds is 11. The molecule has 0 saturated heterocycles. The molecule has 0 amide bonds. The van der Waals surface area contributed by atoms with E-state index in [0.29, 0.717) is 12.2 Å². The van der Waals surface area contributed by atoms with Gasteiger partial charge in [0.05, 0.1) is 20.6 Å². The molecular formula is C16H32INO2. The molecule has 0 atom stereocenters. The predicted octanol–water partition coefficient (Wildman–Crippen LogP) is 0.547. The molecule has 120 valence electrons. The SMILES string of the molecule is C=C(C)C(=O)OCC[N+](C)(C)CCCCCCCC.[I-]. The van der Waals surface area contributed by atoms with Crippen molar-refractivity contribution in [2.45, 2.75) is 52.4 Å². The summed E-state index contributed by atoms with van der Waals surface area (Å²) in [5.41, 5.74) is 0.473. The summed E-state index contributed by atoms with van der Waals surface area (Å²) in [5.74, 6) is -0.278. The maximum Gasteiger partial charge on any atom is 0.333 e. The van der Waals surface area contributed by atoms with Crippen LogP contribution in [0.15, 0.2) is 12.2 Å². The molecule has 0 aliphatic carbocycles. The second-order valence-electron chi connectivity index (χ2n) is 6.07. The molecule has 0 rings (SSSR count). The molecule has 4 heteroatoms. The van der Waals surface area contributed by atoms with Crippen LogP contribution in [0.5, 0.6) is 0 Å². The van der Waals surface area contributed by atoms with Gasteiger partial charge in [-0.15, -0.1) is 0 Å². The number of carbonyl (C=O) groups is 1. The highest BCUT2D eigenvalue weighted by molar-refractivity contribution is 5.86. The molecule has 0 N–H and O–H groups in total. The fourth-order valence-corrected chi connectivity index (χ4v) is 1.94. The lowest BCUT2D eigenvalue weighted by atomic mass is 10.1. The van der Waals surface area contributed by atoms with Gasteiger partial charge in [0, 0.05) is 5.57 Å². The van der Waals surface area contributed by atoms with Crippen LogP contribution in [0.4, 0.5) is 0 Å². The van der Waals surface area contributed by atoms with E-state index >= 15 is 0 Å². The third-order valence-electron chi connectivity index (χ3n) is 3.40. The summed E-state index contributed by atoms with van der Waals surface area (Å²) in [4.78, 5) is 11.3. The third-order valence-corrected chi connectivity index (χ3v) is 3.40. The normalized spacial score (nSPS) is 10.8. The Kier molecular flexibility index (Phi) is 14.0. The highest BCUT2D eigenvalue weighted by atomic mass is 127. The van der Waals surface area contributed by atoms with Crippen LogP contribution >= 0.6 is 0 Å². The molecule has 20 heavy (non-hydrogen) atoms. The molecule has 0 aromatic heterocycles. The van der Waals surface area contributed by atoms with Gasteiger partial charge >= 0.3 is 5.97 Å². The monoisotopic (exact) mass is 397 g/mol. The number of hydrogen-bond donors (Lipinski definition) is 0. The van der Waals surface area contributed by atoms with Gasteiger partial charge in [0.15, 0.2) is 0 Å². The van der Waals surface area contributed by atoms with Crippen molar-refractivity contribution < 1.29 is 38.0 Å². The Labute approximate surface area is 142 Å². The second-order valence-corrected chi connectivity index (χ2v) is 6.07. The van der Waals surface area contributed by atoms with E-state index in [-0.39, 0.29) is 29.9 Å². The molecule has 0 aromatic rings. The molecule has 0 fully saturated rings. The van der Waals surface area contributed by atoms with Crippen LogP contribution in [0.3, 0.4) is 0 Å². The first kappa shape index (κ1) is 22.2. The number of esters is 1. The quantitative estimate of drug-likeness (QED) is 0.167. The standard InChI is InChI=1S/C16H32NO2.HI/c1-6-7-8-9-10-11-12-17(4,5)13-14-19-16(18)15(2)3;/h2,6-14H2,1,3-5H3;1H/q+1;/p-1. The van der Waals surface area contributed by atoms with Crippen molar-refractivity contribution >= 4 is 5.97 Å². The summed E-state index contributed by atoms with van der Waals surface area (Å²) in [6.45, 7) is 10.00. The smallest absolute Gasteiger partial charge is 0.333 e. The first-order valence-electron chi connectivity index (χ1n) is 7.53. The molecule has 0 saturated carbocycles. The number of quaternary nitrogens is 1. The van der Waals surface area contributed by atoms with Crippen LogP contribution in [-0.4, -0.2) is 44.2 Å².